The van der Waals surface area contributed by atoms with Gasteiger partial charge in [-0.1, -0.05) is 48.5 Å². The van der Waals surface area contributed by atoms with Gasteiger partial charge in [0.25, 0.3) is 5.91 Å². The molecule has 0 spiro atoms. The zero-order valence-electron chi connectivity index (χ0n) is 13.8. The first-order valence-electron chi connectivity index (χ1n) is 8.44. The summed E-state index contributed by atoms with van der Waals surface area (Å²) in [6.07, 6.45) is 0. The second kappa shape index (κ2) is 5.21. The highest BCUT2D eigenvalue weighted by Gasteiger charge is 2.56. The number of amides is 1. The molecule has 3 aromatic rings. The van der Waals surface area contributed by atoms with E-state index < -0.39 is 0 Å². The van der Waals surface area contributed by atoms with E-state index in [1.165, 1.54) is 22.3 Å². The van der Waals surface area contributed by atoms with Crippen LogP contribution >= 0.6 is 0 Å². The summed E-state index contributed by atoms with van der Waals surface area (Å²) in [5, 5.41) is 0. The molecule has 0 bridgehead atoms. The third kappa shape index (κ3) is 2.02. The Balaban J connectivity index is 1.57. The van der Waals surface area contributed by atoms with Crippen LogP contribution in [0.3, 0.4) is 0 Å². The number of carbonyl (C=O) groups excluding carboxylic acids is 1. The number of benzene rings is 3. The SMILES string of the molecule is COc1ccc(C(=O)N2C3c4ccccc4-c4ccccc4C32)cc1. The molecule has 0 radical (unpaired) electrons. The van der Waals surface area contributed by atoms with Crippen molar-refractivity contribution in [1.82, 2.24) is 4.90 Å². The Bertz CT molecular complexity index is 926. The van der Waals surface area contributed by atoms with Gasteiger partial charge >= 0.3 is 0 Å². The zero-order valence-corrected chi connectivity index (χ0v) is 13.8. The van der Waals surface area contributed by atoms with E-state index in [1.807, 2.05) is 29.2 Å². The van der Waals surface area contributed by atoms with Crippen molar-refractivity contribution >= 4 is 5.91 Å². The third-order valence-corrected chi connectivity index (χ3v) is 5.23. The highest BCUT2D eigenvalue weighted by Crippen LogP contribution is 2.62. The smallest absolute Gasteiger partial charge is 0.255 e. The summed E-state index contributed by atoms with van der Waals surface area (Å²) in [7, 11) is 1.63. The van der Waals surface area contributed by atoms with Crippen molar-refractivity contribution in [3.05, 3.63) is 89.5 Å². The molecule has 1 heterocycles. The minimum Gasteiger partial charge on any atom is -0.497 e. The molecule has 0 saturated carbocycles. The molecule has 3 nitrogen and oxygen atoms in total. The molecule has 1 saturated heterocycles. The predicted octanol–water partition coefficient (Wildman–Crippen LogP) is 4.61. The van der Waals surface area contributed by atoms with E-state index in [1.54, 1.807) is 7.11 Å². The van der Waals surface area contributed by atoms with Crippen molar-refractivity contribution in [2.75, 3.05) is 7.11 Å². The molecule has 25 heavy (non-hydrogen) atoms. The number of rotatable bonds is 2. The van der Waals surface area contributed by atoms with Crippen LogP contribution in [0.1, 0.15) is 33.6 Å². The first-order valence-corrected chi connectivity index (χ1v) is 8.44. The second-order valence-corrected chi connectivity index (χ2v) is 6.51. The van der Waals surface area contributed by atoms with Crippen LogP contribution < -0.4 is 4.74 Å². The molecule has 5 rings (SSSR count). The Morgan fingerprint density at radius 3 is 1.84 bits per heavy atom. The normalized spacial score (nSPS) is 19.5. The van der Waals surface area contributed by atoms with Gasteiger partial charge < -0.3 is 9.64 Å². The molecule has 2 aliphatic rings. The van der Waals surface area contributed by atoms with Crippen LogP contribution in [0.2, 0.25) is 0 Å². The highest BCUT2D eigenvalue weighted by molar-refractivity contribution is 5.98. The van der Waals surface area contributed by atoms with E-state index in [-0.39, 0.29) is 18.0 Å². The molecule has 0 aromatic heterocycles. The molecule has 3 aromatic carbocycles. The molecule has 2 unspecified atom stereocenters. The van der Waals surface area contributed by atoms with Gasteiger partial charge in [-0.3, -0.25) is 4.79 Å². The lowest BCUT2D eigenvalue weighted by Gasteiger charge is -2.16. The lowest BCUT2D eigenvalue weighted by Crippen LogP contribution is -2.12. The first kappa shape index (κ1) is 14.3. The van der Waals surface area contributed by atoms with Crippen LogP contribution in [-0.2, 0) is 0 Å². The third-order valence-electron chi connectivity index (χ3n) is 5.23. The minimum absolute atomic E-state index is 0.0733. The van der Waals surface area contributed by atoms with Gasteiger partial charge in [0.05, 0.1) is 19.2 Å². The molecule has 1 aliphatic carbocycles. The summed E-state index contributed by atoms with van der Waals surface area (Å²) >= 11 is 0. The van der Waals surface area contributed by atoms with Gasteiger partial charge in [-0.05, 0) is 46.5 Å². The van der Waals surface area contributed by atoms with E-state index in [0.717, 1.165) is 5.75 Å². The fourth-order valence-electron chi connectivity index (χ4n) is 4.01. The summed E-state index contributed by atoms with van der Waals surface area (Å²) in [4.78, 5) is 15.1. The van der Waals surface area contributed by atoms with E-state index in [0.29, 0.717) is 5.56 Å². The lowest BCUT2D eigenvalue weighted by atomic mass is 9.86. The maximum atomic E-state index is 13.1. The topological polar surface area (TPSA) is 29.3 Å². The van der Waals surface area contributed by atoms with Gasteiger partial charge in [0.1, 0.15) is 5.75 Å². The first-order chi connectivity index (χ1) is 12.3. The molecular weight excluding hydrogens is 310 g/mol. The molecule has 122 valence electrons. The molecule has 1 aliphatic heterocycles. The summed E-state index contributed by atoms with van der Waals surface area (Å²) in [6, 6.07) is 24.4. The van der Waals surface area contributed by atoms with E-state index in [9.17, 15) is 4.79 Å². The molecule has 1 fully saturated rings. The number of hydrogen-bond donors (Lipinski definition) is 0. The van der Waals surface area contributed by atoms with Crippen LogP contribution in [0.25, 0.3) is 11.1 Å². The highest BCUT2D eigenvalue weighted by atomic mass is 16.5. The molecular formula is C22H17NO2. The van der Waals surface area contributed by atoms with Crippen molar-refractivity contribution in [3.63, 3.8) is 0 Å². The maximum absolute atomic E-state index is 13.1. The Kier molecular flexibility index (Phi) is 2.98. The van der Waals surface area contributed by atoms with Crippen molar-refractivity contribution in [1.29, 1.82) is 0 Å². The average molecular weight is 327 g/mol. The van der Waals surface area contributed by atoms with Crippen LogP contribution in [0, 0.1) is 0 Å². The number of carbonyl (C=O) groups is 1. The van der Waals surface area contributed by atoms with Crippen molar-refractivity contribution in [3.8, 4) is 16.9 Å². The van der Waals surface area contributed by atoms with Gasteiger partial charge in [-0.25, -0.2) is 0 Å². The van der Waals surface area contributed by atoms with Crippen LogP contribution in [0.4, 0.5) is 0 Å². The van der Waals surface area contributed by atoms with Gasteiger partial charge in [0, 0.05) is 5.56 Å². The zero-order chi connectivity index (χ0) is 17.0. The number of methoxy groups -OCH3 is 1. The Morgan fingerprint density at radius 1 is 0.800 bits per heavy atom. The predicted molar refractivity (Wildman–Crippen MR) is 96.5 cm³/mol. The van der Waals surface area contributed by atoms with Crippen molar-refractivity contribution in [2.45, 2.75) is 12.1 Å². The van der Waals surface area contributed by atoms with Gasteiger partial charge in [0.2, 0.25) is 0 Å². The van der Waals surface area contributed by atoms with Gasteiger partial charge in [0.15, 0.2) is 0 Å². The Hall–Kier alpha value is -3.07. The van der Waals surface area contributed by atoms with E-state index in [4.69, 9.17) is 4.74 Å². The van der Waals surface area contributed by atoms with Crippen molar-refractivity contribution in [2.24, 2.45) is 0 Å². The summed E-state index contributed by atoms with van der Waals surface area (Å²) in [5.41, 5.74) is 5.67. The fourth-order valence-corrected chi connectivity index (χ4v) is 4.01. The van der Waals surface area contributed by atoms with Crippen molar-refractivity contribution < 1.29 is 9.53 Å². The number of ether oxygens (including phenoxy) is 1. The van der Waals surface area contributed by atoms with Gasteiger partial charge in [-0.15, -0.1) is 0 Å². The summed E-state index contributed by atoms with van der Waals surface area (Å²) < 4.78 is 5.19. The second-order valence-electron chi connectivity index (χ2n) is 6.51. The number of fused-ring (bicyclic) bond motifs is 6. The monoisotopic (exact) mass is 327 g/mol. The van der Waals surface area contributed by atoms with E-state index in [2.05, 4.69) is 48.5 Å². The van der Waals surface area contributed by atoms with Crippen LogP contribution in [0.15, 0.2) is 72.8 Å². The minimum atomic E-state index is 0.0733. The Morgan fingerprint density at radius 2 is 1.32 bits per heavy atom. The largest absolute Gasteiger partial charge is 0.497 e. The Labute approximate surface area is 146 Å². The number of nitrogens with zero attached hydrogens (tertiary/aromatic N) is 1. The maximum Gasteiger partial charge on any atom is 0.255 e. The van der Waals surface area contributed by atoms with Gasteiger partial charge in [-0.2, -0.15) is 0 Å². The molecule has 0 N–H and O–H groups in total. The number of hydrogen-bond acceptors (Lipinski definition) is 2. The standard InChI is InChI=1S/C22H17NO2/c1-25-15-12-10-14(11-13-15)22(24)23-20-18-8-4-2-6-16(18)17-7-3-5-9-19(17)21(20)23/h2-13,20-21H,1H3. The molecule has 3 heteroatoms. The fraction of sp³-hybridized carbons (Fsp3) is 0.136. The van der Waals surface area contributed by atoms with E-state index >= 15 is 0 Å². The molecule has 1 amide bonds. The lowest BCUT2D eigenvalue weighted by molar-refractivity contribution is 0.0864. The molecule has 2 atom stereocenters. The van der Waals surface area contributed by atoms with Crippen LogP contribution in [-0.4, -0.2) is 17.9 Å². The average Bonchev–Trinajstić information content (AvgIpc) is 3.44. The quantitative estimate of drug-likeness (QED) is 0.643. The summed E-state index contributed by atoms with van der Waals surface area (Å²) in [6.45, 7) is 0. The summed E-state index contributed by atoms with van der Waals surface area (Å²) in [5.74, 6) is 0.833. The van der Waals surface area contributed by atoms with Crippen LogP contribution in [0.5, 0.6) is 5.75 Å².